The van der Waals surface area contributed by atoms with E-state index in [1.54, 1.807) is 0 Å². The highest BCUT2D eigenvalue weighted by Crippen LogP contribution is 2.44. The number of benzene rings is 2. The number of carbonyl (C=O) groups is 1. The van der Waals surface area contributed by atoms with Crippen molar-refractivity contribution in [2.75, 3.05) is 0 Å². The van der Waals surface area contributed by atoms with Crippen LogP contribution in [0.1, 0.15) is 56.5 Å². The summed E-state index contributed by atoms with van der Waals surface area (Å²) in [5, 5.41) is 0.0294. The van der Waals surface area contributed by atoms with Gasteiger partial charge >= 0.3 is 0 Å². The normalized spacial score (nSPS) is 16.0. The first-order valence-corrected chi connectivity index (χ1v) is 12.2. The van der Waals surface area contributed by atoms with Crippen molar-refractivity contribution < 1.29 is 9.22 Å². The van der Waals surface area contributed by atoms with E-state index >= 15 is 0 Å². The van der Waals surface area contributed by atoms with Crippen LogP contribution in [0, 0.1) is 0 Å². The second-order valence-corrected chi connectivity index (χ2v) is 13.5. The number of ketones is 1. The Morgan fingerprint density at radius 2 is 1.35 bits per heavy atom. The maximum absolute atomic E-state index is 13.6. The molecule has 2 atom stereocenters. The molecule has 0 fully saturated rings. The van der Waals surface area contributed by atoms with Crippen molar-refractivity contribution in [3.8, 4) is 0 Å². The van der Waals surface area contributed by atoms with Crippen LogP contribution in [-0.2, 0) is 4.43 Å². The van der Waals surface area contributed by atoms with E-state index in [0.717, 1.165) is 5.56 Å². The van der Waals surface area contributed by atoms with Crippen LogP contribution in [0.4, 0.5) is 0 Å². The fourth-order valence-corrected chi connectivity index (χ4v) is 4.59. The van der Waals surface area contributed by atoms with E-state index in [2.05, 4.69) is 52.9 Å². The topological polar surface area (TPSA) is 26.3 Å². The number of hydrogen-bond acceptors (Lipinski definition) is 2. The first kappa shape index (κ1) is 20.6. The van der Waals surface area contributed by atoms with Gasteiger partial charge in [0.25, 0.3) is 0 Å². The first-order chi connectivity index (χ1) is 12.0. The SMILES string of the molecule is C[C@@H](c1ccccc1)[C@@](C)(O[Si](C)(C)C(C)(C)C)C(=O)c1ccccc1. The van der Waals surface area contributed by atoms with Crippen LogP contribution < -0.4 is 0 Å². The summed E-state index contributed by atoms with van der Waals surface area (Å²) >= 11 is 0. The Labute approximate surface area is 159 Å². The van der Waals surface area contributed by atoms with Crippen LogP contribution in [0.25, 0.3) is 0 Å². The standard InChI is InChI=1S/C23H32O2Si/c1-18(19-14-10-8-11-15-19)23(5,25-26(6,7)22(2,3)4)21(24)20-16-12-9-13-17-20/h8-18H,1-7H3/t18-,23+/m0/s1. The Morgan fingerprint density at radius 1 is 0.885 bits per heavy atom. The summed E-state index contributed by atoms with van der Waals surface area (Å²) < 4.78 is 6.81. The highest BCUT2D eigenvalue weighted by molar-refractivity contribution is 6.74. The molecular formula is C23H32O2Si. The fourth-order valence-electron chi connectivity index (χ4n) is 2.95. The predicted octanol–water partition coefficient (Wildman–Crippen LogP) is 6.45. The zero-order chi connectivity index (χ0) is 19.6. The lowest BCUT2D eigenvalue weighted by atomic mass is 9.80. The molecule has 0 spiro atoms. The third-order valence-corrected chi connectivity index (χ3v) is 10.4. The Balaban J connectivity index is 2.52. The molecule has 0 amide bonds. The predicted molar refractivity (Wildman–Crippen MR) is 112 cm³/mol. The van der Waals surface area contributed by atoms with E-state index in [1.165, 1.54) is 0 Å². The zero-order valence-corrected chi connectivity index (χ0v) is 18.2. The van der Waals surface area contributed by atoms with Crippen molar-refractivity contribution in [3.63, 3.8) is 0 Å². The third-order valence-electron chi connectivity index (χ3n) is 5.89. The van der Waals surface area contributed by atoms with Crippen molar-refractivity contribution in [2.45, 2.75) is 64.3 Å². The summed E-state index contributed by atoms with van der Waals surface area (Å²) in [4.78, 5) is 13.6. The van der Waals surface area contributed by atoms with E-state index in [1.807, 2.05) is 55.5 Å². The van der Waals surface area contributed by atoms with E-state index in [9.17, 15) is 4.79 Å². The lowest BCUT2D eigenvalue weighted by molar-refractivity contribution is 0.0359. The van der Waals surface area contributed by atoms with Gasteiger partial charge in [0, 0.05) is 11.5 Å². The van der Waals surface area contributed by atoms with E-state index in [0.29, 0.717) is 5.56 Å². The molecule has 0 bridgehead atoms. The van der Waals surface area contributed by atoms with Crippen LogP contribution in [0.2, 0.25) is 18.1 Å². The second kappa shape index (κ2) is 7.49. The van der Waals surface area contributed by atoms with Gasteiger partial charge in [-0.2, -0.15) is 0 Å². The van der Waals surface area contributed by atoms with E-state index in [-0.39, 0.29) is 16.7 Å². The quantitative estimate of drug-likeness (QED) is 0.432. The van der Waals surface area contributed by atoms with Crippen molar-refractivity contribution in [2.24, 2.45) is 0 Å². The van der Waals surface area contributed by atoms with Crippen LogP contribution in [-0.4, -0.2) is 19.7 Å². The van der Waals surface area contributed by atoms with Gasteiger partial charge in [0.2, 0.25) is 0 Å². The van der Waals surface area contributed by atoms with Gasteiger partial charge in [0.05, 0.1) is 0 Å². The van der Waals surface area contributed by atoms with Crippen molar-refractivity contribution in [3.05, 3.63) is 71.8 Å². The average molecular weight is 369 g/mol. The maximum atomic E-state index is 13.6. The van der Waals surface area contributed by atoms with Gasteiger partial charge in [0.1, 0.15) is 5.60 Å². The zero-order valence-electron chi connectivity index (χ0n) is 17.2. The summed E-state index contributed by atoms with van der Waals surface area (Å²) in [6.07, 6.45) is 0. The number of carbonyl (C=O) groups excluding carboxylic acids is 1. The summed E-state index contributed by atoms with van der Waals surface area (Å²) in [5.74, 6) is 0.00445. The Morgan fingerprint density at radius 3 is 1.81 bits per heavy atom. The van der Waals surface area contributed by atoms with Gasteiger partial charge in [-0.25, -0.2) is 0 Å². The fraction of sp³-hybridized carbons (Fsp3) is 0.435. The molecule has 0 aliphatic carbocycles. The smallest absolute Gasteiger partial charge is 0.193 e. The maximum Gasteiger partial charge on any atom is 0.193 e. The van der Waals surface area contributed by atoms with Crippen LogP contribution in [0.3, 0.4) is 0 Å². The molecular weight excluding hydrogens is 336 g/mol. The summed E-state index contributed by atoms with van der Waals surface area (Å²) in [6.45, 7) is 15.1. The molecule has 0 radical (unpaired) electrons. The third kappa shape index (κ3) is 4.16. The molecule has 0 heterocycles. The molecule has 2 aromatic carbocycles. The Bertz CT molecular complexity index is 732. The minimum atomic E-state index is -2.15. The monoisotopic (exact) mass is 368 g/mol. The number of hydrogen-bond donors (Lipinski definition) is 0. The summed E-state index contributed by atoms with van der Waals surface area (Å²) in [7, 11) is -2.15. The Kier molecular flexibility index (Phi) is 5.94. The van der Waals surface area contributed by atoms with Gasteiger partial charge in [-0.1, -0.05) is 88.4 Å². The van der Waals surface area contributed by atoms with Gasteiger partial charge in [0.15, 0.2) is 14.1 Å². The molecule has 0 saturated carbocycles. The second-order valence-electron chi connectivity index (χ2n) is 8.80. The van der Waals surface area contributed by atoms with Crippen molar-refractivity contribution in [1.82, 2.24) is 0 Å². The highest BCUT2D eigenvalue weighted by atomic mass is 28.4. The van der Waals surface area contributed by atoms with Gasteiger partial charge in [-0.3, -0.25) is 4.79 Å². The van der Waals surface area contributed by atoms with Gasteiger partial charge < -0.3 is 4.43 Å². The van der Waals surface area contributed by atoms with E-state index < -0.39 is 13.9 Å². The van der Waals surface area contributed by atoms with Crippen LogP contribution >= 0.6 is 0 Å². The van der Waals surface area contributed by atoms with Crippen molar-refractivity contribution >= 4 is 14.1 Å². The number of rotatable bonds is 6. The first-order valence-electron chi connectivity index (χ1n) is 9.34. The van der Waals surface area contributed by atoms with Crippen LogP contribution in [0.5, 0.6) is 0 Å². The van der Waals surface area contributed by atoms with Gasteiger partial charge in [-0.15, -0.1) is 0 Å². The molecule has 0 unspecified atom stereocenters. The molecule has 140 valence electrons. The largest absolute Gasteiger partial charge is 0.404 e. The molecule has 2 nitrogen and oxygen atoms in total. The lowest BCUT2D eigenvalue weighted by Crippen LogP contribution is -2.54. The van der Waals surface area contributed by atoms with E-state index in [4.69, 9.17) is 4.43 Å². The molecule has 0 aliphatic heterocycles. The van der Waals surface area contributed by atoms with Gasteiger partial charge in [-0.05, 0) is 30.6 Å². The molecule has 0 saturated heterocycles. The molecule has 2 rings (SSSR count). The summed E-state index contributed by atoms with van der Waals surface area (Å²) in [6, 6.07) is 19.7. The van der Waals surface area contributed by atoms with Crippen molar-refractivity contribution in [1.29, 1.82) is 0 Å². The number of Topliss-reactive ketones (excluding diaryl/α,β-unsaturated/α-hetero) is 1. The molecule has 0 aliphatic rings. The lowest BCUT2D eigenvalue weighted by Gasteiger charge is -2.46. The van der Waals surface area contributed by atoms with Crippen LogP contribution in [0.15, 0.2) is 60.7 Å². The summed E-state index contributed by atoms with van der Waals surface area (Å²) in [5.41, 5.74) is 0.917. The molecule has 3 heteroatoms. The highest BCUT2D eigenvalue weighted by Gasteiger charge is 2.49. The molecule has 0 N–H and O–H groups in total. The molecule has 0 aromatic heterocycles. The average Bonchev–Trinajstić information content (AvgIpc) is 2.60. The molecule has 26 heavy (non-hydrogen) atoms. The minimum Gasteiger partial charge on any atom is -0.404 e. The molecule has 2 aromatic rings. The minimum absolute atomic E-state index is 0.0294. The Hall–Kier alpha value is -1.71.